The predicted molar refractivity (Wildman–Crippen MR) is 175 cm³/mol. The van der Waals surface area contributed by atoms with Crippen molar-refractivity contribution in [2.75, 3.05) is 0 Å². The molecule has 16 heteroatoms. The van der Waals surface area contributed by atoms with Crippen molar-refractivity contribution in [1.29, 1.82) is 0 Å². The summed E-state index contributed by atoms with van der Waals surface area (Å²) in [6, 6.07) is 13.2. The van der Waals surface area contributed by atoms with Gasteiger partial charge in [-0.25, -0.2) is 18.0 Å². The summed E-state index contributed by atoms with van der Waals surface area (Å²) < 4.78 is 35.6. The molecular formula is C31H46Cs2N2O10S2. The van der Waals surface area contributed by atoms with Crippen LogP contribution < -0.4 is 148 Å². The van der Waals surface area contributed by atoms with Gasteiger partial charge >= 0.3 is 150 Å². The van der Waals surface area contributed by atoms with Gasteiger partial charge in [0.05, 0.1) is 43.8 Å². The summed E-state index contributed by atoms with van der Waals surface area (Å²) >= 11 is 0. The van der Waals surface area contributed by atoms with Crippen molar-refractivity contribution in [3.63, 3.8) is 0 Å². The van der Waals surface area contributed by atoms with E-state index in [1.165, 1.54) is 0 Å². The molecule has 47 heavy (non-hydrogen) atoms. The number of benzene rings is 2. The van der Waals surface area contributed by atoms with E-state index in [0.29, 0.717) is 16.7 Å². The van der Waals surface area contributed by atoms with Crippen LogP contribution in [0, 0.1) is 0 Å². The van der Waals surface area contributed by atoms with Gasteiger partial charge in [0.1, 0.15) is 17.3 Å². The van der Waals surface area contributed by atoms with Gasteiger partial charge < -0.3 is 21.0 Å². The van der Waals surface area contributed by atoms with E-state index in [0.717, 1.165) is 11.8 Å². The minimum absolute atomic E-state index is 0. The van der Waals surface area contributed by atoms with Crippen LogP contribution in [0.1, 0.15) is 107 Å². The van der Waals surface area contributed by atoms with Crippen molar-refractivity contribution >= 4 is 52.9 Å². The molecule has 0 aromatic heterocycles. The molecule has 0 aliphatic rings. The van der Waals surface area contributed by atoms with Crippen molar-refractivity contribution in [3.8, 4) is 0 Å². The van der Waals surface area contributed by atoms with E-state index >= 15 is 0 Å². The summed E-state index contributed by atoms with van der Waals surface area (Å²) in [5.41, 5.74) is 2.30. The van der Waals surface area contributed by atoms with Gasteiger partial charge in [-0.2, -0.15) is 4.40 Å². The molecule has 2 aromatic rings. The summed E-state index contributed by atoms with van der Waals surface area (Å²) in [6.45, 7) is 18.1. The zero-order chi connectivity index (χ0) is 35.4. The van der Waals surface area contributed by atoms with Crippen molar-refractivity contribution in [2.24, 2.45) is 9.54 Å². The molecule has 0 heterocycles. The molecule has 254 valence electrons. The van der Waals surface area contributed by atoms with E-state index in [-0.39, 0.29) is 179 Å². The van der Waals surface area contributed by atoms with E-state index in [2.05, 4.69) is 9.29 Å². The van der Waals surface area contributed by atoms with Crippen LogP contribution in [0.5, 0.6) is 0 Å². The number of rotatable bonds is 8. The Bertz CT molecular complexity index is 1280. The molecular weight excluding hydrogens is 890 g/mol. The fraction of sp³-hybridized carbons (Fsp3) is 0.452. The molecule has 0 aliphatic carbocycles. The predicted octanol–water partition coefficient (Wildman–Crippen LogP) is -1.84. The largest absolute Gasteiger partial charge is 1.00 e. The zero-order valence-corrected chi connectivity index (χ0v) is 43.6. The minimum atomic E-state index is -1.28. The molecule has 2 aromatic carbocycles. The third-order valence-corrected chi connectivity index (χ3v) is 7.13. The third-order valence-electron chi connectivity index (χ3n) is 4.58. The van der Waals surface area contributed by atoms with E-state index in [9.17, 15) is 22.8 Å². The average Bonchev–Trinajstić information content (AvgIpc) is 2.95. The molecule has 0 fully saturated rings. The number of hydrogen-bond acceptors (Lipinski definition) is 10. The Kier molecular flexibility index (Phi) is 33.6. The van der Waals surface area contributed by atoms with Crippen LogP contribution in [0.25, 0.3) is 0 Å². The van der Waals surface area contributed by atoms with Crippen LogP contribution in [0.15, 0.2) is 52.9 Å². The van der Waals surface area contributed by atoms with Crippen molar-refractivity contribution in [3.05, 3.63) is 70.8 Å². The van der Waals surface area contributed by atoms with Gasteiger partial charge in [-0.1, -0.05) is 24.3 Å². The number of carbonyl (C=O) groups is 4. The summed E-state index contributed by atoms with van der Waals surface area (Å²) in [5, 5.41) is 13.5. The summed E-state index contributed by atoms with van der Waals surface area (Å²) in [4.78, 5) is 44.6. The van der Waals surface area contributed by atoms with Crippen LogP contribution in [0.2, 0.25) is 0 Å². The second-order valence-electron chi connectivity index (χ2n) is 11.5. The molecule has 0 spiro atoms. The van der Waals surface area contributed by atoms with Gasteiger partial charge in [0.25, 0.3) is 6.47 Å². The standard InChI is InChI=1S/C15H21NO3S.C11H12O3.C4H11NOS.CH2O3.2Cs.H/c1-11(2)19-14(17)13-8-6-12(7-9-13)10-16-20(18)15(3,4)5;1-8(2)14-11(13)10-5-3-9(7-12)4-6-10;1-4(2,3)7(5)6;2-1-4-3;;;/h6-11H,1-5H3;3-8H,1-2H3;5H2,1-3H3;1,3H;;;/q;;;;2*+1;-1/p-1. The Labute approximate surface area is 402 Å². The molecule has 2 unspecified atom stereocenters. The van der Waals surface area contributed by atoms with Gasteiger partial charge in [-0.15, -0.1) is 0 Å². The molecule has 2 rings (SSSR count). The van der Waals surface area contributed by atoms with Gasteiger partial charge in [-0.3, -0.25) is 14.7 Å². The SMILES string of the molecule is CC(C)(C)S(N)=O.CC(C)OC(=O)c1ccc(C=NS(=O)C(C)(C)C)cc1.CC(C)OC(=O)c1ccc(C=O)cc1.O=CO[O-].[Cs+].[Cs+].[H-]. The first-order chi connectivity index (χ1) is 20.7. The Hall–Kier alpha value is 0.514. The third kappa shape index (κ3) is 28.9. The van der Waals surface area contributed by atoms with Crippen LogP contribution in [-0.4, -0.2) is 61.0 Å². The second kappa shape index (κ2) is 29.1. The Morgan fingerprint density at radius 1 is 0.766 bits per heavy atom. The van der Waals surface area contributed by atoms with Gasteiger partial charge in [0, 0.05) is 11.8 Å². The first kappa shape index (κ1) is 54.3. The van der Waals surface area contributed by atoms with E-state index in [1.807, 2.05) is 41.5 Å². The first-order valence-corrected chi connectivity index (χ1v) is 15.9. The fourth-order valence-corrected chi connectivity index (χ4v) is 2.77. The number of nitrogens with zero attached hydrogens (tertiary/aromatic N) is 1. The van der Waals surface area contributed by atoms with Gasteiger partial charge in [0.2, 0.25) is 0 Å². The molecule has 0 radical (unpaired) electrons. The number of aldehydes is 1. The zero-order valence-electron chi connectivity index (χ0n) is 30.4. The molecule has 0 saturated carbocycles. The van der Waals surface area contributed by atoms with Crippen molar-refractivity contribution in [1.82, 2.24) is 0 Å². The average molecular weight is 937 g/mol. The number of ether oxygens (including phenoxy) is 2. The van der Waals surface area contributed by atoms with Crippen molar-refractivity contribution < 1.29 is 186 Å². The van der Waals surface area contributed by atoms with Crippen LogP contribution in [0.3, 0.4) is 0 Å². The minimum Gasteiger partial charge on any atom is -1.00 e. The van der Waals surface area contributed by atoms with Crippen LogP contribution in [-0.2, 0) is 41.1 Å². The molecule has 0 aliphatic heterocycles. The molecule has 0 saturated heterocycles. The molecule has 0 bridgehead atoms. The fourth-order valence-electron chi connectivity index (χ4n) is 2.23. The molecule has 2 atom stereocenters. The van der Waals surface area contributed by atoms with E-state index < -0.39 is 22.0 Å². The molecule has 12 nitrogen and oxygen atoms in total. The Morgan fingerprint density at radius 3 is 1.32 bits per heavy atom. The number of esters is 2. The topological polar surface area (TPSA) is 192 Å². The van der Waals surface area contributed by atoms with Gasteiger partial charge in [0.15, 0.2) is 0 Å². The maximum absolute atomic E-state index is 11.8. The summed E-state index contributed by atoms with van der Waals surface area (Å²) in [7, 11) is -2.46. The summed E-state index contributed by atoms with van der Waals surface area (Å²) in [5.74, 6) is -0.709. The Balaban J connectivity index is -0.000000192. The molecule has 2 N–H and O–H groups in total. The molecule has 0 amide bonds. The maximum atomic E-state index is 11.8. The van der Waals surface area contributed by atoms with Crippen molar-refractivity contribution in [2.45, 2.75) is 90.9 Å². The first-order valence-electron chi connectivity index (χ1n) is 13.6. The number of nitrogens with two attached hydrogens (primary N) is 1. The quantitative estimate of drug-likeness (QED) is 0.104. The second-order valence-corrected chi connectivity index (χ2v) is 15.2. The van der Waals surface area contributed by atoms with Crippen LogP contribution in [0.4, 0.5) is 0 Å². The number of hydrogen-bond donors (Lipinski definition) is 1. The van der Waals surface area contributed by atoms with Crippen LogP contribution >= 0.6 is 0 Å². The van der Waals surface area contributed by atoms with E-state index in [4.69, 9.17) is 24.7 Å². The maximum Gasteiger partial charge on any atom is 1.00 e. The van der Waals surface area contributed by atoms with E-state index in [1.54, 1.807) is 82.4 Å². The van der Waals surface area contributed by atoms with Gasteiger partial charge in [-0.05, 0) is 99.1 Å². The monoisotopic (exact) mass is 936 g/mol. The normalized spacial score (nSPS) is 11.7. The Morgan fingerprint density at radius 2 is 1.09 bits per heavy atom. The summed E-state index contributed by atoms with van der Waals surface area (Å²) in [6.07, 6.45) is 2.02. The smallest absolute Gasteiger partial charge is 1.00 e. The number of carbonyl (C=O) groups excluding carboxylic acids is 4.